The molecule has 2 rings (SSSR count). The van der Waals surface area contributed by atoms with Crippen molar-refractivity contribution >= 4 is 18.3 Å². The number of carbonyl (C=O) groups is 1. The molecule has 1 aliphatic heterocycles. The monoisotopic (exact) mass is 315 g/mol. The number of hydrogen-bond acceptors (Lipinski definition) is 3. The highest BCUT2D eigenvalue weighted by molar-refractivity contribution is 5.85. The quantitative estimate of drug-likeness (QED) is 0.919. The van der Waals surface area contributed by atoms with E-state index in [1.807, 2.05) is 0 Å². The van der Waals surface area contributed by atoms with Crippen LogP contribution < -0.4 is 5.73 Å². The zero-order chi connectivity index (χ0) is 14.5. The minimum atomic E-state index is -0.271. The Morgan fingerprint density at radius 1 is 1.48 bits per heavy atom. The highest BCUT2D eigenvalue weighted by Crippen LogP contribution is 2.11. The number of piperidine rings is 1. The zero-order valence-corrected chi connectivity index (χ0v) is 13.1. The molecule has 1 fully saturated rings. The molecule has 21 heavy (non-hydrogen) atoms. The number of carbonyl (C=O) groups excluding carboxylic acids is 1. The first-order chi connectivity index (χ1) is 9.56. The van der Waals surface area contributed by atoms with E-state index in [4.69, 9.17) is 5.73 Å². The average Bonchev–Trinajstić information content (AvgIpc) is 2.41. The normalized spacial score (nSPS) is 18.9. The van der Waals surface area contributed by atoms with Gasteiger partial charge in [-0.1, -0.05) is 18.2 Å². The van der Waals surface area contributed by atoms with E-state index in [9.17, 15) is 9.18 Å². The van der Waals surface area contributed by atoms with E-state index in [2.05, 4.69) is 4.90 Å². The number of hydrogen-bond donors (Lipinski definition) is 1. The summed E-state index contributed by atoms with van der Waals surface area (Å²) in [4.78, 5) is 15.8. The second-order valence-corrected chi connectivity index (χ2v) is 5.48. The molecule has 0 bridgehead atoms. The molecule has 1 amide bonds. The van der Waals surface area contributed by atoms with Gasteiger partial charge >= 0.3 is 0 Å². The summed E-state index contributed by atoms with van der Waals surface area (Å²) in [5, 5.41) is 0. The summed E-state index contributed by atoms with van der Waals surface area (Å²) < 4.78 is 13.6. The third kappa shape index (κ3) is 5.26. The van der Waals surface area contributed by atoms with Crippen LogP contribution in [0.3, 0.4) is 0 Å². The van der Waals surface area contributed by atoms with E-state index in [-0.39, 0.29) is 30.2 Å². The van der Waals surface area contributed by atoms with Gasteiger partial charge in [0.2, 0.25) is 5.91 Å². The fourth-order valence-electron chi connectivity index (χ4n) is 2.52. The second kappa shape index (κ2) is 8.32. The molecule has 0 aromatic heterocycles. The van der Waals surface area contributed by atoms with Crippen molar-refractivity contribution in [3.8, 4) is 0 Å². The van der Waals surface area contributed by atoms with Gasteiger partial charge in [-0.3, -0.25) is 9.69 Å². The Morgan fingerprint density at radius 3 is 2.86 bits per heavy atom. The molecule has 118 valence electrons. The number of nitrogens with two attached hydrogens (primary N) is 1. The Morgan fingerprint density at radius 2 is 2.19 bits per heavy atom. The van der Waals surface area contributed by atoms with Crippen molar-refractivity contribution in [1.29, 1.82) is 0 Å². The molecule has 1 aromatic rings. The Hall–Kier alpha value is -1.17. The molecular formula is C15H23ClFN3O. The van der Waals surface area contributed by atoms with Gasteiger partial charge in [-0.15, -0.1) is 12.4 Å². The molecule has 0 spiro atoms. The van der Waals surface area contributed by atoms with Crippen molar-refractivity contribution < 1.29 is 9.18 Å². The van der Waals surface area contributed by atoms with Gasteiger partial charge in [0.15, 0.2) is 0 Å². The SMILES string of the molecule is CN(Cc1ccccc1F)C(=O)CN1CCC[C@@H](N)C1.Cl. The molecule has 1 saturated heterocycles. The van der Waals surface area contributed by atoms with Crippen molar-refractivity contribution in [2.24, 2.45) is 5.73 Å². The van der Waals surface area contributed by atoms with Crippen molar-refractivity contribution in [2.75, 3.05) is 26.7 Å². The van der Waals surface area contributed by atoms with Gasteiger partial charge in [0.05, 0.1) is 6.54 Å². The van der Waals surface area contributed by atoms with Crippen LogP contribution in [0.2, 0.25) is 0 Å². The van der Waals surface area contributed by atoms with Crippen molar-refractivity contribution in [3.05, 3.63) is 35.6 Å². The van der Waals surface area contributed by atoms with Crippen LogP contribution in [0.4, 0.5) is 4.39 Å². The Bertz CT molecular complexity index is 472. The van der Waals surface area contributed by atoms with E-state index in [0.29, 0.717) is 18.7 Å². The topological polar surface area (TPSA) is 49.6 Å². The number of likely N-dealkylation sites (tertiary alicyclic amines) is 1. The van der Waals surface area contributed by atoms with Crippen LogP contribution in [0.25, 0.3) is 0 Å². The van der Waals surface area contributed by atoms with Gasteiger partial charge in [0.1, 0.15) is 5.82 Å². The van der Waals surface area contributed by atoms with Gasteiger partial charge < -0.3 is 10.6 Å². The molecule has 6 heteroatoms. The molecule has 0 aliphatic carbocycles. The van der Waals surface area contributed by atoms with E-state index in [1.165, 1.54) is 6.07 Å². The minimum Gasteiger partial charge on any atom is -0.340 e. The maximum atomic E-state index is 13.6. The van der Waals surface area contributed by atoms with Gasteiger partial charge in [-0.05, 0) is 25.5 Å². The fourth-order valence-corrected chi connectivity index (χ4v) is 2.52. The van der Waals surface area contributed by atoms with Crippen LogP contribution in [-0.4, -0.2) is 48.4 Å². The average molecular weight is 316 g/mol. The third-order valence-electron chi connectivity index (χ3n) is 3.69. The summed E-state index contributed by atoms with van der Waals surface area (Å²) >= 11 is 0. The number of rotatable bonds is 4. The Kier molecular flexibility index (Phi) is 7.08. The number of benzene rings is 1. The summed E-state index contributed by atoms with van der Waals surface area (Å²) in [6.45, 7) is 2.33. The van der Waals surface area contributed by atoms with E-state index >= 15 is 0 Å². The summed E-state index contributed by atoms with van der Waals surface area (Å²) in [6, 6.07) is 6.71. The lowest BCUT2D eigenvalue weighted by atomic mass is 10.1. The van der Waals surface area contributed by atoms with E-state index < -0.39 is 0 Å². The second-order valence-electron chi connectivity index (χ2n) is 5.48. The lowest BCUT2D eigenvalue weighted by molar-refractivity contribution is -0.131. The minimum absolute atomic E-state index is 0. The predicted octanol–water partition coefficient (Wildman–Crippen LogP) is 1.63. The summed E-state index contributed by atoms with van der Waals surface area (Å²) in [7, 11) is 1.71. The molecule has 1 atom stereocenters. The van der Waals surface area contributed by atoms with Crippen LogP contribution >= 0.6 is 12.4 Å². The zero-order valence-electron chi connectivity index (χ0n) is 12.3. The molecule has 0 radical (unpaired) electrons. The Labute approximate surface area is 131 Å². The molecule has 1 heterocycles. The smallest absolute Gasteiger partial charge is 0.236 e. The maximum Gasteiger partial charge on any atom is 0.236 e. The molecule has 2 N–H and O–H groups in total. The van der Waals surface area contributed by atoms with Crippen molar-refractivity contribution in [1.82, 2.24) is 9.80 Å². The largest absolute Gasteiger partial charge is 0.340 e. The van der Waals surface area contributed by atoms with Crippen LogP contribution in [0.5, 0.6) is 0 Å². The maximum absolute atomic E-state index is 13.6. The van der Waals surface area contributed by atoms with E-state index in [0.717, 1.165) is 25.9 Å². The standard InChI is InChI=1S/C15H22FN3O.ClH/c1-18(9-12-5-2-3-7-14(12)16)15(20)11-19-8-4-6-13(17)10-19;/h2-3,5,7,13H,4,6,8-11,17H2,1H3;1H/t13-;/m1./s1. The van der Waals surface area contributed by atoms with Crippen LogP contribution in [0.1, 0.15) is 18.4 Å². The van der Waals surface area contributed by atoms with Gasteiger partial charge in [0.25, 0.3) is 0 Å². The molecule has 0 saturated carbocycles. The predicted molar refractivity (Wildman–Crippen MR) is 83.8 cm³/mol. The fraction of sp³-hybridized carbons (Fsp3) is 0.533. The first-order valence-electron chi connectivity index (χ1n) is 7.01. The number of likely N-dealkylation sites (N-methyl/N-ethyl adjacent to an activating group) is 1. The summed E-state index contributed by atoms with van der Waals surface area (Å²) in [5.74, 6) is -0.269. The van der Waals surface area contributed by atoms with Gasteiger partial charge in [0, 0.05) is 31.7 Å². The molecule has 0 unspecified atom stereocenters. The van der Waals surface area contributed by atoms with Crippen LogP contribution in [-0.2, 0) is 11.3 Å². The summed E-state index contributed by atoms with van der Waals surface area (Å²) in [5.41, 5.74) is 6.44. The van der Waals surface area contributed by atoms with Crippen LogP contribution in [0, 0.1) is 5.82 Å². The first kappa shape index (κ1) is 17.9. The Balaban J connectivity index is 0.00000220. The highest BCUT2D eigenvalue weighted by Gasteiger charge is 2.20. The van der Waals surface area contributed by atoms with Crippen molar-refractivity contribution in [2.45, 2.75) is 25.4 Å². The number of halogens is 2. The highest BCUT2D eigenvalue weighted by atomic mass is 35.5. The third-order valence-corrected chi connectivity index (χ3v) is 3.69. The van der Waals surface area contributed by atoms with Crippen molar-refractivity contribution in [3.63, 3.8) is 0 Å². The molecule has 4 nitrogen and oxygen atoms in total. The molecule has 1 aliphatic rings. The first-order valence-corrected chi connectivity index (χ1v) is 7.01. The molecule has 1 aromatic carbocycles. The lowest BCUT2D eigenvalue weighted by Gasteiger charge is -2.31. The molecular weight excluding hydrogens is 293 g/mol. The van der Waals surface area contributed by atoms with Gasteiger partial charge in [-0.2, -0.15) is 0 Å². The number of amides is 1. The lowest BCUT2D eigenvalue weighted by Crippen LogP contribution is -2.47. The number of nitrogens with zero attached hydrogens (tertiary/aromatic N) is 2. The summed E-state index contributed by atoms with van der Waals surface area (Å²) in [6.07, 6.45) is 2.06. The van der Waals surface area contributed by atoms with Crippen LogP contribution in [0.15, 0.2) is 24.3 Å². The van der Waals surface area contributed by atoms with E-state index in [1.54, 1.807) is 30.1 Å². The van der Waals surface area contributed by atoms with Gasteiger partial charge in [-0.25, -0.2) is 4.39 Å².